The Balaban J connectivity index is 1.69. The van der Waals surface area contributed by atoms with Crippen molar-refractivity contribution in [2.24, 2.45) is 0 Å². The van der Waals surface area contributed by atoms with Gasteiger partial charge in [-0.2, -0.15) is 5.10 Å². The Morgan fingerprint density at radius 1 is 1.16 bits per heavy atom. The van der Waals surface area contributed by atoms with Crippen molar-refractivity contribution in [3.63, 3.8) is 0 Å². The summed E-state index contributed by atoms with van der Waals surface area (Å²) in [6.07, 6.45) is 0.303. The van der Waals surface area contributed by atoms with Gasteiger partial charge in [-0.05, 0) is 30.2 Å². The maximum atomic E-state index is 14.7. The fourth-order valence-electron chi connectivity index (χ4n) is 3.57. The lowest BCUT2D eigenvalue weighted by Gasteiger charge is -2.27. The molecule has 0 N–H and O–H groups in total. The summed E-state index contributed by atoms with van der Waals surface area (Å²) in [5.74, 6) is -3.29. The van der Waals surface area contributed by atoms with Crippen LogP contribution in [0.15, 0.2) is 30.3 Å². The molecule has 2 aromatic carbocycles. The Morgan fingerprint density at radius 3 is 2.68 bits per heavy atom. The number of halogens is 5. The zero-order valence-electron chi connectivity index (χ0n) is 16.3. The van der Waals surface area contributed by atoms with Crippen molar-refractivity contribution in [1.82, 2.24) is 9.78 Å². The third-order valence-corrected chi connectivity index (χ3v) is 5.74. The van der Waals surface area contributed by atoms with Crippen molar-refractivity contribution in [3.8, 4) is 0 Å². The molecule has 1 aromatic heterocycles. The number of hydrogen-bond donors (Lipinski definition) is 0. The van der Waals surface area contributed by atoms with E-state index in [-0.39, 0.29) is 46.8 Å². The number of aromatic nitrogens is 2. The Kier molecular flexibility index (Phi) is 5.96. The Morgan fingerprint density at radius 2 is 1.94 bits per heavy atom. The number of fused-ring (bicyclic) bond motifs is 1. The highest BCUT2D eigenvalue weighted by atomic mass is 35.5. The third kappa shape index (κ3) is 3.91. The van der Waals surface area contributed by atoms with E-state index < -0.39 is 23.4 Å². The van der Waals surface area contributed by atoms with Gasteiger partial charge in [0.2, 0.25) is 0 Å². The van der Waals surface area contributed by atoms with Gasteiger partial charge in [0, 0.05) is 24.8 Å². The van der Waals surface area contributed by atoms with E-state index in [0.717, 1.165) is 6.07 Å². The molecule has 0 atom stereocenters. The first-order valence-corrected chi connectivity index (χ1v) is 10.0. The van der Waals surface area contributed by atoms with Crippen molar-refractivity contribution in [1.29, 1.82) is 0 Å². The summed E-state index contributed by atoms with van der Waals surface area (Å²) in [5.41, 5.74) is 1.15. The van der Waals surface area contributed by atoms with Gasteiger partial charge in [0.15, 0.2) is 23.1 Å². The number of amides is 1. The monoisotopic (exact) mass is 469 g/mol. The van der Waals surface area contributed by atoms with Crippen molar-refractivity contribution in [2.45, 2.75) is 19.6 Å². The van der Waals surface area contributed by atoms with Gasteiger partial charge in [0.05, 0.1) is 23.9 Å². The van der Waals surface area contributed by atoms with Crippen molar-refractivity contribution < 1.29 is 22.7 Å². The molecule has 0 saturated carbocycles. The number of anilines is 1. The second kappa shape index (κ2) is 8.53. The molecule has 0 spiro atoms. The minimum Gasteiger partial charge on any atom is -0.380 e. The Bertz CT molecular complexity index is 1180. The summed E-state index contributed by atoms with van der Waals surface area (Å²) in [6, 6.07) is 6.71. The minimum absolute atomic E-state index is 0.0112. The lowest BCUT2D eigenvalue weighted by atomic mass is 10.1. The lowest BCUT2D eigenvalue weighted by Crippen LogP contribution is -2.38. The van der Waals surface area contributed by atoms with E-state index in [2.05, 4.69) is 5.10 Å². The van der Waals surface area contributed by atoms with E-state index >= 15 is 0 Å². The number of carbonyl (C=O) groups is 1. The molecule has 0 unspecified atom stereocenters. The molecule has 0 fully saturated rings. The zero-order valence-corrected chi connectivity index (χ0v) is 17.8. The predicted octanol–water partition coefficient (Wildman–Crippen LogP) is 5.00. The van der Waals surface area contributed by atoms with Crippen molar-refractivity contribution in [3.05, 3.63) is 80.3 Å². The summed E-state index contributed by atoms with van der Waals surface area (Å²) in [7, 11) is 1.49. The highest BCUT2D eigenvalue weighted by molar-refractivity contribution is 6.32. The molecule has 10 heteroatoms. The fraction of sp³-hybridized carbons (Fsp3) is 0.238. The van der Waals surface area contributed by atoms with Crippen molar-refractivity contribution >= 4 is 34.8 Å². The second-order valence-corrected chi connectivity index (χ2v) is 7.80. The zero-order chi connectivity index (χ0) is 22.3. The van der Waals surface area contributed by atoms with Crippen LogP contribution in [0.5, 0.6) is 0 Å². The van der Waals surface area contributed by atoms with Crippen LogP contribution in [0.3, 0.4) is 0 Å². The number of rotatable bonds is 5. The van der Waals surface area contributed by atoms with Gasteiger partial charge in [-0.15, -0.1) is 0 Å². The van der Waals surface area contributed by atoms with Crippen LogP contribution in [0, 0.1) is 17.5 Å². The number of methoxy groups -OCH3 is 1. The summed E-state index contributed by atoms with van der Waals surface area (Å²) < 4.78 is 48.6. The average Bonchev–Trinajstić information content (AvgIpc) is 3.05. The molecule has 162 valence electrons. The van der Waals surface area contributed by atoms with Gasteiger partial charge in [-0.3, -0.25) is 4.79 Å². The second-order valence-electron chi connectivity index (χ2n) is 7.04. The quantitative estimate of drug-likeness (QED) is 0.527. The highest BCUT2D eigenvalue weighted by Gasteiger charge is 2.33. The molecule has 0 radical (unpaired) electrons. The fourth-order valence-corrected chi connectivity index (χ4v) is 4.09. The summed E-state index contributed by atoms with van der Waals surface area (Å²) in [5, 5.41) is 4.23. The third-order valence-electron chi connectivity index (χ3n) is 5.04. The molecule has 0 saturated heterocycles. The first-order chi connectivity index (χ1) is 14.8. The van der Waals surface area contributed by atoms with Gasteiger partial charge in [-0.25, -0.2) is 17.9 Å². The molecule has 1 aliphatic heterocycles. The van der Waals surface area contributed by atoms with Crippen molar-refractivity contribution in [2.75, 3.05) is 18.6 Å². The number of nitrogens with zero attached hydrogens (tertiary/aromatic N) is 3. The number of ether oxygens (including phenoxy) is 1. The molecule has 1 amide bonds. The van der Waals surface area contributed by atoms with E-state index in [1.54, 1.807) is 0 Å². The van der Waals surface area contributed by atoms with Gasteiger partial charge in [-0.1, -0.05) is 35.3 Å². The van der Waals surface area contributed by atoms with E-state index in [1.165, 1.54) is 41.0 Å². The van der Waals surface area contributed by atoms with E-state index in [4.69, 9.17) is 27.9 Å². The maximum Gasteiger partial charge on any atom is 0.279 e. The van der Waals surface area contributed by atoms with Crippen LogP contribution in [0.1, 0.15) is 27.2 Å². The predicted molar refractivity (Wildman–Crippen MR) is 110 cm³/mol. The molecule has 2 heterocycles. The topological polar surface area (TPSA) is 47.4 Å². The maximum absolute atomic E-state index is 14.7. The van der Waals surface area contributed by atoms with Crippen LogP contribution in [-0.2, 0) is 24.3 Å². The molecule has 0 aliphatic carbocycles. The molecule has 1 aliphatic rings. The van der Waals surface area contributed by atoms with Crippen LogP contribution in [0.2, 0.25) is 10.2 Å². The first kappa shape index (κ1) is 21.7. The number of benzene rings is 2. The number of carbonyl (C=O) groups excluding carboxylic acids is 1. The summed E-state index contributed by atoms with van der Waals surface area (Å²) in [6.45, 7) is 0.182. The molecule has 5 nitrogen and oxygen atoms in total. The van der Waals surface area contributed by atoms with Crippen LogP contribution < -0.4 is 4.90 Å². The molecular weight excluding hydrogens is 454 g/mol. The van der Waals surface area contributed by atoms with Crippen LogP contribution in [0.25, 0.3) is 0 Å². The van der Waals surface area contributed by atoms with Crippen LogP contribution in [-0.4, -0.2) is 29.3 Å². The van der Waals surface area contributed by atoms with Gasteiger partial charge in [0.1, 0.15) is 5.15 Å². The molecule has 0 bridgehead atoms. The normalized spacial score (nSPS) is 13.6. The van der Waals surface area contributed by atoms with E-state index in [9.17, 15) is 18.0 Å². The molecule has 4 rings (SSSR count). The largest absolute Gasteiger partial charge is 0.380 e. The molecule has 31 heavy (non-hydrogen) atoms. The SMILES string of the molecule is COCc1cc(Cl)c(F)c(N2CCc3c(nn(Cc4cccc(F)c4F)c3Cl)C2=O)c1. The smallest absolute Gasteiger partial charge is 0.279 e. The summed E-state index contributed by atoms with van der Waals surface area (Å²) in [4.78, 5) is 14.3. The first-order valence-electron chi connectivity index (χ1n) is 9.28. The standard InChI is InChI=1S/C21H16Cl2F3N3O2/c1-31-10-11-7-14(22)18(26)16(8-11)28-6-5-13-19(21(28)30)27-29(20(13)23)9-12-3-2-4-15(24)17(12)25/h2-4,7-8H,5-6,9-10H2,1H3. The van der Waals surface area contributed by atoms with E-state index in [1.807, 2.05) is 0 Å². The van der Waals surface area contributed by atoms with Crippen LogP contribution in [0.4, 0.5) is 18.9 Å². The van der Waals surface area contributed by atoms with Crippen LogP contribution >= 0.6 is 23.2 Å². The van der Waals surface area contributed by atoms with Gasteiger partial charge in [0.25, 0.3) is 5.91 Å². The van der Waals surface area contributed by atoms with E-state index in [0.29, 0.717) is 17.5 Å². The average molecular weight is 470 g/mol. The number of hydrogen-bond acceptors (Lipinski definition) is 3. The minimum atomic E-state index is -1.01. The molecule has 3 aromatic rings. The lowest BCUT2D eigenvalue weighted by molar-refractivity contribution is 0.0974. The highest BCUT2D eigenvalue weighted by Crippen LogP contribution is 2.34. The molecular formula is C21H16Cl2F3N3O2. The van der Waals surface area contributed by atoms with Gasteiger partial charge < -0.3 is 9.64 Å². The summed E-state index contributed by atoms with van der Waals surface area (Å²) >= 11 is 12.4. The van der Waals surface area contributed by atoms with Gasteiger partial charge >= 0.3 is 0 Å². The Labute approximate surface area is 185 Å². The Hall–Kier alpha value is -2.55.